The van der Waals surface area contributed by atoms with E-state index in [1.54, 1.807) is 6.07 Å². The van der Waals surface area contributed by atoms with Gasteiger partial charge in [-0.05, 0) is 18.2 Å². The Morgan fingerprint density at radius 2 is 2.05 bits per heavy atom. The average molecular weight is 295 g/mol. The molecular weight excluding hydrogens is 278 g/mol. The highest BCUT2D eigenvalue weighted by molar-refractivity contribution is 7.88. The SMILES string of the molecule is CNCc1cccc(CS(=O)(=O)NCc2ncn[nH]2)c1. The van der Waals surface area contributed by atoms with Gasteiger partial charge in [0.15, 0.2) is 0 Å². The van der Waals surface area contributed by atoms with Crippen molar-refractivity contribution in [1.29, 1.82) is 0 Å². The smallest absolute Gasteiger partial charge is 0.216 e. The molecule has 1 aromatic carbocycles. The molecule has 2 rings (SSSR count). The van der Waals surface area contributed by atoms with Crippen LogP contribution in [0.3, 0.4) is 0 Å². The first kappa shape index (κ1) is 14.6. The number of nitrogens with zero attached hydrogens (tertiary/aromatic N) is 2. The van der Waals surface area contributed by atoms with E-state index in [0.29, 0.717) is 12.4 Å². The van der Waals surface area contributed by atoms with Gasteiger partial charge in [-0.1, -0.05) is 24.3 Å². The molecular formula is C12H17N5O2S. The number of rotatable bonds is 7. The van der Waals surface area contributed by atoms with Gasteiger partial charge in [0, 0.05) is 6.54 Å². The van der Waals surface area contributed by atoms with Crippen LogP contribution in [0, 0.1) is 0 Å². The number of nitrogens with one attached hydrogen (secondary N) is 3. The van der Waals surface area contributed by atoms with Gasteiger partial charge >= 0.3 is 0 Å². The number of H-pyrrole nitrogens is 1. The summed E-state index contributed by atoms with van der Waals surface area (Å²) in [7, 11) is -1.55. The summed E-state index contributed by atoms with van der Waals surface area (Å²) in [6.45, 7) is 0.817. The summed E-state index contributed by atoms with van der Waals surface area (Å²) in [4.78, 5) is 3.86. The highest BCUT2D eigenvalue weighted by Gasteiger charge is 2.12. The number of hydrogen-bond acceptors (Lipinski definition) is 5. The van der Waals surface area contributed by atoms with Crippen LogP contribution in [0.4, 0.5) is 0 Å². The van der Waals surface area contributed by atoms with Crippen LogP contribution >= 0.6 is 0 Å². The molecule has 0 saturated carbocycles. The monoisotopic (exact) mass is 295 g/mol. The largest absolute Gasteiger partial charge is 0.316 e. The maximum absolute atomic E-state index is 12.0. The third kappa shape index (κ3) is 4.41. The van der Waals surface area contributed by atoms with Gasteiger partial charge in [0.1, 0.15) is 12.2 Å². The van der Waals surface area contributed by atoms with Crippen molar-refractivity contribution in [2.45, 2.75) is 18.8 Å². The molecule has 2 aromatic rings. The summed E-state index contributed by atoms with van der Waals surface area (Å²) >= 11 is 0. The van der Waals surface area contributed by atoms with Crippen molar-refractivity contribution in [3.63, 3.8) is 0 Å². The molecule has 108 valence electrons. The standard InChI is InChI=1S/C12H17N5O2S/c1-13-6-10-3-2-4-11(5-10)8-20(18,19)16-7-12-14-9-15-17-12/h2-5,9,13,16H,6-8H2,1H3,(H,14,15,17). The zero-order chi connectivity index (χ0) is 14.4. The van der Waals surface area contributed by atoms with E-state index >= 15 is 0 Å². The summed E-state index contributed by atoms with van der Waals surface area (Å²) in [5.41, 5.74) is 1.80. The topological polar surface area (TPSA) is 99.8 Å². The minimum atomic E-state index is -3.40. The van der Waals surface area contributed by atoms with E-state index in [2.05, 4.69) is 25.2 Å². The number of aromatic nitrogens is 3. The molecule has 0 unspecified atom stereocenters. The van der Waals surface area contributed by atoms with Crippen LogP contribution in [0.1, 0.15) is 17.0 Å². The summed E-state index contributed by atoms with van der Waals surface area (Å²) in [5, 5.41) is 9.30. The fourth-order valence-electron chi connectivity index (χ4n) is 1.80. The minimum absolute atomic E-state index is 0.0569. The van der Waals surface area contributed by atoms with Gasteiger partial charge in [0.2, 0.25) is 10.0 Å². The van der Waals surface area contributed by atoms with Gasteiger partial charge in [-0.2, -0.15) is 5.10 Å². The molecule has 0 bridgehead atoms. The van der Waals surface area contributed by atoms with Crippen molar-refractivity contribution < 1.29 is 8.42 Å². The van der Waals surface area contributed by atoms with E-state index in [-0.39, 0.29) is 12.3 Å². The van der Waals surface area contributed by atoms with Crippen LogP contribution in [0.2, 0.25) is 0 Å². The number of aromatic amines is 1. The van der Waals surface area contributed by atoms with E-state index in [4.69, 9.17) is 0 Å². The molecule has 7 nitrogen and oxygen atoms in total. The van der Waals surface area contributed by atoms with E-state index in [9.17, 15) is 8.42 Å². The molecule has 0 spiro atoms. The fraction of sp³-hybridized carbons (Fsp3) is 0.333. The highest BCUT2D eigenvalue weighted by Crippen LogP contribution is 2.09. The molecule has 20 heavy (non-hydrogen) atoms. The zero-order valence-corrected chi connectivity index (χ0v) is 11.9. The molecule has 0 amide bonds. The normalized spacial score (nSPS) is 11.7. The van der Waals surface area contributed by atoms with Gasteiger partial charge in [-0.15, -0.1) is 0 Å². The second kappa shape index (κ2) is 6.60. The number of hydrogen-bond donors (Lipinski definition) is 3. The molecule has 1 aromatic heterocycles. The first-order chi connectivity index (χ1) is 9.59. The van der Waals surface area contributed by atoms with Crippen molar-refractivity contribution >= 4 is 10.0 Å². The van der Waals surface area contributed by atoms with E-state index in [1.807, 2.05) is 25.2 Å². The second-order valence-electron chi connectivity index (χ2n) is 4.36. The Labute approximate surface area is 117 Å². The third-order valence-corrected chi connectivity index (χ3v) is 3.95. The fourth-order valence-corrected chi connectivity index (χ4v) is 2.88. The van der Waals surface area contributed by atoms with Gasteiger partial charge in [-0.3, -0.25) is 5.10 Å². The Hall–Kier alpha value is -1.77. The van der Waals surface area contributed by atoms with Gasteiger partial charge in [0.05, 0.1) is 12.3 Å². The molecule has 0 atom stereocenters. The van der Waals surface area contributed by atoms with E-state index < -0.39 is 10.0 Å². The van der Waals surface area contributed by atoms with Gasteiger partial charge < -0.3 is 5.32 Å². The lowest BCUT2D eigenvalue weighted by molar-refractivity contribution is 0.578. The predicted molar refractivity (Wildman–Crippen MR) is 75.1 cm³/mol. The van der Waals surface area contributed by atoms with E-state index in [1.165, 1.54) is 6.33 Å². The van der Waals surface area contributed by atoms with Crippen molar-refractivity contribution in [3.05, 3.63) is 47.5 Å². The third-order valence-electron chi connectivity index (χ3n) is 2.65. The van der Waals surface area contributed by atoms with Crippen LogP contribution in [-0.4, -0.2) is 30.6 Å². The first-order valence-electron chi connectivity index (χ1n) is 6.13. The van der Waals surface area contributed by atoms with Crippen LogP contribution in [-0.2, 0) is 28.9 Å². The molecule has 0 aliphatic rings. The highest BCUT2D eigenvalue weighted by atomic mass is 32.2. The molecule has 0 aliphatic carbocycles. The summed E-state index contributed by atoms with van der Waals surface area (Å²) < 4.78 is 26.4. The lowest BCUT2D eigenvalue weighted by Gasteiger charge is -2.07. The van der Waals surface area contributed by atoms with Crippen molar-refractivity contribution in [3.8, 4) is 0 Å². The van der Waals surface area contributed by atoms with Crippen LogP contribution in [0.15, 0.2) is 30.6 Å². The van der Waals surface area contributed by atoms with Crippen molar-refractivity contribution in [2.75, 3.05) is 7.05 Å². The van der Waals surface area contributed by atoms with Crippen molar-refractivity contribution in [1.82, 2.24) is 25.2 Å². The minimum Gasteiger partial charge on any atom is -0.316 e. The van der Waals surface area contributed by atoms with Gasteiger partial charge in [-0.25, -0.2) is 18.1 Å². The van der Waals surface area contributed by atoms with Crippen LogP contribution in [0.25, 0.3) is 0 Å². The van der Waals surface area contributed by atoms with Crippen LogP contribution < -0.4 is 10.0 Å². The molecule has 0 saturated heterocycles. The molecule has 8 heteroatoms. The molecule has 1 heterocycles. The van der Waals surface area contributed by atoms with E-state index in [0.717, 1.165) is 11.1 Å². The Bertz CT molecular complexity index is 640. The Balaban J connectivity index is 1.98. The maximum Gasteiger partial charge on any atom is 0.216 e. The average Bonchev–Trinajstić information content (AvgIpc) is 2.90. The molecule has 0 radical (unpaired) electrons. The zero-order valence-electron chi connectivity index (χ0n) is 11.1. The maximum atomic E-state index is 12.0. The lowest BCUT2D eigenvalue weighted by atomic mass is 10.1. The Morgan fingerprint density at radius 1 is 1.25 bits per heavy atom. The quantitative estimate of drug-likeness (QED) is 0.675. The lowest BCUT2D eigenvalue weighted by Crippen LogP contribution is -2.25. The summed E-state index contributed by atoms with van der Waals surface area (Å²) in [6.07, 6.45) is 1.34. The van der Waals surface area contributed by atoms with Crippen molar-refractivity contribution in [2.24, 2.45) is 0 Å². The predicted octanol–water partition coefficient (Wildman–Crippen LogP) is 0.144. The summed E-state index contributed by atoms with van der Waals surface area (Å²) in [6, 6.07) is 7.49. The van der Waals surface area contributed by atoms with Gasteiger partial charge in [0.25, 0.3) is 0 Å². The second-order valence-corrected chi connectivity index (χ2v) is 6.17. The Kier molecular flexibility index (Phi) is 4.83. The first-order valence-corrected chi connectivity index (χ1v) is 7.78. The summed E-state index contributed by atoms with van der Waals surface area (Å²) in [5.74, 6) is 0.427. The molecule has 3 N–H and O–H groups in total. The number of benzene rings is 1. The Morgan fingerprint density at radius 3 is 2.75 bits per heavy atom. The number of sulfonamides is 1. The molecule has 0 fully saturated rings. The van der Waals surface area contributed by atoms with Crippen LogP contribution in [0.5, 0.6) is 0 Å². The molecule has 0 aliphatic heterocycles.